The Morgan fingerprint density at radius 3 is 2.35 bits per heavy atom. The number of aryl methyl sites for hydroxylation is 1. The van der Waals surface area contributed by atoms with Gasteiger partial charge in [0.1, 0.15) is 11.3 Å². The number of carboxylic acid groups (broad SMARTS) is 1. The molecule has 1 fully saturated rings. The molecule has 0 spiro atoms. The first kappa shape index (κ1) is 22.4. The summed E-state index contributed by atoms with van der Waals surface area (Å²) in [5.41, 5.74) is 6.94. The van der Waals surface area contributed by atoms with Gasteiger partial charge >= 0.3 is 5.97 Å². The summed E-state index contributed by atoms with van der Waals surface area (Å²) in [6, 6.07) is 21.4. The molecule has 0 aliphatic heterocycles. The van der Waals surface area contributed by atoms with Crippen LogP contribution < -0.4 is 5.32 Å². The molecule has 174 valence electrons. The van der Waals surface area contributed by atoms with E-state index in [1.165, 1.54) is 49.7 Å². The van der Waals surface area contributed by atoms with E-state index in [-0.39, 0.29) is 5.56 Å². The van der Waals surface area contributed by atoms with Crippen molar-refractivity contribution < 1.29 is 9.90 Å². The predicted octanol–water partition coefficient (Wildman–Crippen LogP) is 6.72. The fourth-order valence-corrected chi connectivity index (χ4v) is 5.03. The predicted molar refractivity (Wildman–Crippen MR) is 137 cm³/mol. The van der Waals surface area contributed by atoms with Gasteiger partial charge in [0.2, 0.25) is 0 Å². The van der Waals surface area contributed by atoms with E-state index < -0.39 is 5.97 Å². The summed E-state index contributed by atoms with van der Waals surface area (Å²) < 4.78 is 0. The number of hydrogen-bond acceptors (Lipinski definition) is 3. The van der Waals surface area contributed by atoms with Gasteiger partial charge in [-0.25, -0.2) is 9.78 Å². The number of hydrogen-bond donors (Lipinski definition) is 3. The van der Waals surface area contributed by atoms with E-state index in [1.54, 1.807) is 6.07 Å². The highest BCUT2D eigenvalue weighted by Gasteiger charge is 2.15. The first-order valence-electron chi connectivity index (χ1n) is 12.2. The average Bonchev–Trinajstić information content (AvgIpc) is 3.04. The monoisotopic (exact) mass is 453 g/mol. The summed E-state index contributed by atoms with van der Waals surface area (Å²) in [5.74, 6) is -0.261. The van der Waals surface area contributed by atoms with Gasteiger partial charge in [-0.05, 0) is 65.8 Å². The summed E-state index contributed by atoms with van der Waals surface area (Å²) in [6.45, 7) is 2.73. The van der Waals surface area contributed by atoms with Crippen LogP contribution in [0.2, 0.25) is 0 Å². The number of aromatic amines is 1. The molecule has 3 aromatic carbocycles. The minimum atomic E-state index is -0.968. The van der Waals surface area contributed by atoms with Crippen LogP contribution in [0.5, 0.6) is 0 Å². The molecule has 5 heteroatoms. The van der Waals surface area contributed by atoms with Crippen LogP contribution in [-0.4, -0.2) is 27.1 Å². The molecule has 0 amide bonds. The van der Waals surface area contributed by atoms with Crippen molar-refractivity contribution in [3.05, 3.63) is 77.6 Å². The maximum Gasteiger partial charge on any atom is 0.337 e. The van der Waals surface area contributed by atoms with E-state index in [4.69, 9.17) is 0 Å². The van der Waals surface area contributed by atoms with Crippen molar-refractivity contribution in [3.8, 4) is 22.3 Å². The lowest BCUT2D eigenvalue weighted by Gasteiger charge is -2.16. The molecule has 1 aliphatic rings. The highest BCUT2D eigenvalue weighted by molar-refractivity contribution is 6.03. The van der Waals surface area contributed by atoms with Gasteiger partial charge in [0, 0.05) is 12.6 Å². The molecule has 0 radical (unpaired) electrons. The van der Waals surface area contributed by atoms with Crippen LogP contribution in [0.15, 0.2) is 60.7 Å². The van der Waals surface area contributed by atoms with Crippen molar-refractivity contribution >= 4 is 17.0 Å². The Bertz CT molecular complexity index is 1300. The number of aromatic carboxylic acids is 1. The second-order valence-corrected chi connectivity index (χ2v) is 9.39. The molecule has 3 N–H and O–H groups in total. The minimum Gasteiger partial charge on any atom is -0.478 e. The number of nitrogens with one attached hydrogen (secondary N) is 2. The Morgan fingerprint density at radius 2 is 1.65 bits per heavy atom. The normalized spacial score (nSPS) is 14.9. The van der Waals surface area contributed by atoms with E-state index in [2.05, 4.69) is 63.8 Å². The molecule has 5 rings (SSSR count). The van der Waals surface area contributed by atoms with Crippen molar-refractivity contribution in [2.24, 2.45) is 0 Å². The fourth-order valence-electron chi connectivity index (χ4n) is 5.03. The molecule has 0 unspecified atom stereocenters. The van der Waals surface area contributed by atoms with Crippen molar-refractivity contribution in [2.75, 3.05) is 0 Å². The summed E-state index contributed by atoms with van der Waals surface area (Å²) in [7, 11) is 0. The van der Waals surface area contributed by atoms with Gasteiger partial charge in [-0.3, -0.25) is 0 Å². The molecule has 0 bridgehead atoms. The Morgan fingerprint density at radius 1 is 0.941 bits per heavy atom. The van der Waals surface area contributed by atoms with Crippen LogP contribution in [-0.2, 0) is 6.54 Å². The maximum absolute atomic E-state index is 11.8. The van der Waals surface area contributed by atoms with Crippen molar-refractivity contribution in [1.29, 1.82) is 0 Å². The van der Waals surface area contributed by atoms with Crippen molar-refractivity contribution in [3.63, 3.8) is 0 Å². The molecule has 4 aromatic rings. The lowest BCUT2D eigenvalue weighted by molar-refractivity contribution is 0.0699. The van der Waals surface area contributed by atoms with Gasteiger partial charge in [-0.2, -0.15) is 0 Å². The second-order valence-electron chi connectivity index (χ2n) is 9.39. The Kier molecular flexibility index (Phi) is 6.45. The standard InChI is InChI=1S/C29H31N3O2/c1-19-31-27-17-24(16-26(29(33)34)28(27)32-19)22-13-11-21(12-14-22)23-8-6-7-20(15-23)18-30-25-9-4-2-3-5-10-25/h6-8,11-17,25,30H,2-5,9-10,18H2,1H3,(H,31,32)(H,33,34). The van der Waals surface area contributed by atoms with E-state index in [0.717, 1.165) is 28.8 Å². The van der Waals surface area contributed by atoms with E-state index in [0.29, 0.717) is 17.4 Å². The van der Waals surface area contributed by atoms with Crippen molar-refractivity contribution in [2.45, 2.75) is 58.0 Å². The van der Waals surface area contributed by atoms with Crippen LogP contribution >= 0.6 is 0 Å². The number of carbonyl (C=O) groups is 1. The zero-order chi connectivity index (χ0) is 23.5. The summed E-state index contributed by atoms with van der Waals surface area (Å²) in [6.07, 6.45) is 7.99. The van der Waals surface area contributed by atoms with Crippen molar-refractivity contribution in [1.82, 2.24) is 15.3 Å². The van der Waals surface area contributed by atoms with Crippen LogP contribution in [0.3, 0.4) is 0 Å². The lowest BCUT2D eigenvalue weighted by Crippen LogP contribution is -2.27. The van der Waals surface area contributed by atoms with E-state index in [9.17, 15) is 9.90 Å². The number of benzene rings is 3. The highest BCUT2D eigenvalue weighted by atomic mass is 16.4. The fraction of sp³-hybridized carbons (Fsp3) is 0.310. The third-order valence-corrected chi connectivity index (χ3v) is 6.86. The first-order valence-corrected chi connectivity index (χ1v) is 12.2. The molecule has 0 atom stereocenters. The van der Waals surface area contributed by atoms with E-state index in [1.807, 2.05) is 13.0 Å². The summed E-state index contributed by atoms with van der Waals surface area (Å²) >= 11 is 0. The Hall–Kier alpha value is -3.44. The quantitative estimate of drug-likeness (QED) is 0.283. The largest absolute Gasteiger partial charge is 0.478 e. The number of carboxylic acids is 1. The van der Waals surface area contributed by atoms with Gasteiger partial charge < -0.3 is 15.4 Å². The third kappa shape index (κ3) is 4.90. The Labute approximate surface area is 200 Å². The average molecular weight is 454 g/mol. The van der Waals surface area contributed by atoms with Crippen LogP contribution in [0.4, 0.5) is 0 Å². The first-order chi connectivity index (χ1) is 16.6. The third-order valence-electron chi connectivity index (χ3n) is 6.86. The Balaban J connectivity index is 1.35. The molecular formula is C29H31N3O2. The number of aromatic nitrogens is 2. The molecule has 1 saturated carbocycles. The molecule has 1 aromatic heterocycles. The molecule has 1 aliphatic carbocycles. The number of rotatable bonds is 6. The number of nitrogens with zero attached hydrogens (tertiary/aromatic N) is 1. The minimum absolute atomic E-state index is 0.217. The van der Waals surface area contributed by atoms with Crippen LogP contribution in [0.1, 0.15) is 60.3 Å². The molecule has 0 saturated heterocycles. The van der Waals surface area contributed by atoms with Gasteiger partial charge in [-0.1, -0.05) is 68.1 Å². The van der Waals surface area contributed by atoms with Gasteiger partial charge in [0.15, 0.2) is 0 Å². The van der Waals surface area contributed by atoms with Gasteiger partial charge in [-0.15, -0.1) is 0 Å². The van der Waals surface area contributed by atoms with Crippen LogP contribution in [0, 0.1) is 6.92 Å². The maximum atomic E-state index is 11.8. The highest BCUT2D eigenvalue weighted by Crippen LogP contribution is 2.29. The van der Waals surface area contributed by atoms with Gasteiger partial charge in [0.25, 0.3) is 0 Å². The van der Waals surface area contributed by atoms with Gasteiger partial charge in [0.05, 0.1) is 11.1 Å². The topological polar surface area (TPSA) is 78.0 Å². The van der Waals surface area contributed by atoms with E-state index >= 15 is 0 Å². The smallest absolute Gasteiger partial charge is 0.337 e. The second kappa shape index (κ2) is 9.82. The zero-order valence-electron chi connectivity index (χ0n) is 19.6. The summed E-state index contributed by atoms with van der Waals surface area (Å²) in [4.78, 5) is 19.3. The summed E-state index contributed by atoms with van der Waals surface area (Å²) in [5, 5.41) is 13.4. The number of fused-ring (bicyclic) bond motifs is 1. The van der Waals surface area contributed by atoms with Crippen LogP contribution in [0.25, 0.3) is 33.3 Å². The molecular weight excluding hydrogens is 422 g/mol. The number of imidazole rings is 1. The zero-order valence-corrected chi connectivity index (χ0v) is 19.6. The molecule has 34 heavy (non-hydrogen) atoms. The molecule has 5 nitrogen and oxygen atoms in total. The SMILES string of the molecule is Cc1nc2c(C(=O)O)cc(-c3ccc(-c4cccc(CNC5CCCCCC5)c4)cc3)cc2[nH]1. The number of H-pyrrole nitrogens is 1. The molecule has 1 heterocycles. The lowest BCUT2D eigenvalue weighted by atomic mass is 9.97.